The van der Waals surface area contributed by atoms with Gasteiger partial charge in [-0.15, -0.1) is 0 Å². The van der Waals surface area contributed by atoms with Crippen LogP contribution in [0.2, 0.25) is 10.0 Å². The summed E-state index contributed by atoms with van der Waals surface area (Å²) in [7, 11) is 0. The molecular weight excluding hydrogens is 430 g/mol. The monoisotopic (exact) mass is 444 g/mol. The fraction of sp³-hybridized carbons (Fsp3) is 0.0952. The van der Waals surface area contributed by atoms with Crippen LogP contribution in [-0.2, 0) is 17.9 Å². The first-order valence-corrected chi connectivity index (χ1v) is 9.71. The smallest absolute Gasteiger partial charge is 0.274 e. The van der Waals surface area contributed by atoms with E-state index in [0.29, 0.717) is 28.0 Å². The van der Waals surface area contributed by atoms with Crippen molar-refractivity contribution in [2.75, 3.05) is 0 Å². The van der Waals surface area contributed by atoms with Crippen LogP contribution < -0.4 is 5.32 Å². The average Bonchev–Trinajstić information content (AvgIpc) is 3.39. The van der Waals surface area contributed by atoms with Gasteiger partial charge in [0.15, 0.2) is 0 Å². The van der Waals surface area contributed by atoms with Gasteiger partial charge in [-0.25, -0.2) is 4.39 Å². The predicted molar refractivity (Wildman–Crippen MR) is 111 cm³/mol. The van der Waals surface area contributed by atoms with Crippen molar-refractivity contribution in [3.8, 4) is 23.0 Å². The zero-order valence-electron chi connectivity index (χ0n) is 15.5. The van der Waals surface area contributed by atoms with E-state index in [0.717, 1.165) is 5.56 Å². The lowest BCUT2D eigenvalue weighted by Crippen LogP contribution is -2.27. The molecule has 2 aromatic carbocycles. The Morgan fingerprint density at radius 2 is 1.93 bits per heavy atom. The highest BCUT2D eigenvalue weighted by molar-refractivity contribution is 6.31. The maximum Gasteiger partial charge on any atom is 0.274 e. The van der Waals surface area contributed by atoms with E-state index in [1.54, 1.807) is 53.2 Å². The number of carbonyl (C=O) groups excluding carboxylic acids is 1. The van der Waals surface area contributed by atoms with Gasteiger partial charge in [0.25, 0.3) is 5.89 Å². The van der Waals surface area contributed by atoms with E-state index < -0.39 is 5.82 Å². The van der Waals surface area contributed by atoms with E-state index in [1.807, 2.05) is 0 Å². The number of amides is 1. The van der Waals surface area contributed by atoms with Crippen LogP contribution in [0.4, 0.5) is 4.39 Å². The first kappa shape index (κ1) is 20.1. The Balaban J connectivity index is 1.43. The number of aromatic nitrogens is 3. The molecule has 0 saturated heterocycles. The van der Waals surface area contributed by atoms with Crippen LogP contribution in [0.3, 0.4) is 0 Å². The molecule has 0 unspecified atom stereocenters. The Bertz CT molecular complexity index is 1190. The second kappa shape index (κ2) is 8.69. The third-order valence-corrected chi connectivity index (χ3v) is 4.91. The maximum absolute atomic E-state index is 13.2. The molecule has 0 aliphatic carbocycles. The molecule has 0 spiro atoms. The molecule has 0 saturated carbocycles. The topological polar surface area (TPSA) is 73.0 Å². The summed E-state index contributed by atoms with van der Waals surface area (Å²) in [5.41, 5.74) is 2.08. The first-order valence-electron chi connectivity index (χ1n) is 8.95. The molecule has 0 bridgehead atoms. The largest absolute Gasteiger partial charge is 0.350 e. The fourth-order valence-electron chi connectivity index (χ4n) is 2.85. The zero-order valence-corrected chi connectivity index (χ0v) is 17.0. The van der Waals surface area contributed by atoms with Crippen molar-refractivity contribution in [2.24, 2.45) is 0 Å². The molecule has 0 aliphatic rings. The van der Waals surface area contributed by atoms with Gasteiger partial charge in [0.2, 0.25) is 11.7 Å². The minimum absolute atomic E-state index is 0.0160. The number of hydrogen-bond acceptors (Lipinski definition) is 4. The molecule has 2 heterocycles. The van der Waals surface area contributed by atoms with Gasteiger partial charge in [-0.3, -0.25) is 4.79 Å². The normalized spacial score (nSPS) is 10.9. The van der Waals surface area contributed by atoms with Gasteiger partial charge in [0.1, 0.15) is 18.1 Å². The third kappa shape index (κ3) is 4.53. The molecule has 9 heteroatoms. The summed E-state index contributed by atoms with van der Waals surface area (Å²) >= 11 is 11.7. The van der Waals surface area contributed by atoms with Crippen LogP contribution in [0.5, 0.6) is 0 Å². The predicted octanol–water partition coefficient (Wildman–Crippen LogP) is 4.97. The standard InChI is InChI=1S/C21H15Cl2FN4O2/c22-15-6-4-14(5-7-15)20-26-21(30-27-20)18-2-1-9-28(18)12-19(29)25-11-13-3-8-17(24)16(23)10-13/h1-10H,11-12H2,(H,25,29). The van der Waals surface area contributed by atoms with E-state index in [1.165, 1.54) is 12.1 Å². The van der Waals surface area contributed by atoms with Crippen LogP contribution in [0.15, 0.2) is 65.3 Å². The van der Waals surface area contributed by atoms with Crippen LogP contribution in [0.1, 0.15) is 5.56 Å². The van der Waals surface area contributed by atoms with Crippen molar-refractivity contribution in [3.05, 3.63) is 82.2 Å². The third-order valence-electron chi connectivity index (χ3n) is 4.36. The highest BCUT2D eigenvalue weighted by atomic mass is 35.5. The van der Waals surface area contributed by atoms with Crippen molar-refractivity contribution < 1.29 is 13.7 Å². The summed E-state index contributed by atoms with van der Waals surface area (Å²) in [5.74, 6) is -0.0123. The molecule has 152 valence electrons. The molecule has 0 atom stereocenters. The van der Waals surface area contributed by atoms with Crippen molar-refractivity contribution in [1.29, 1.82) is 0 Å². The quantitative estimate of drug-likeness (QED) is 0.455. The Kier molecular flexibility index (Phi) is 5.83. The number of halogens is 3. The van der Waals surface area contributed by atoms with Gasteiger partial charge >= 0.3 is 0 Å². The van der Waals surface area contributed by atoms with E-state index in [9.17, 15) is 9.18 Å². The first-order chi connectivity index (χ1) is 14.5. The van der Waals surface area contributed by atoms with Gasteiger partial charge in [-0.2, -0.15) is 4.98 Å². The van der Waals surface area contributed by atoms with Crippen LogP contribution in [0.25, 0.3) is 23.0 Å². The lowest BCUT2D eigenvalue weighted by Gasteiger charge is -2.08. The Morgan fingerprint density at radius 3 is 2.70 bits per heavy atom. The van der Waals surface area contributed by atoms with Crippen molar-refractivity contribution in [3.63, 3.8) is 0 Å². The van der Waals surface area contributed by atoms with Crippen LogP contribution in [0, 0.1) is 5.82 Å². The van der Waals surface area contributed by atoms with Gasteiger partial charge in [0, 0.05) is 23.3 Å². The zero-order chi connectivity index (χ0) is 21.1. The SMILES string of the molecule is O=C(Cn1cccc1-c1nc(-c2ccc(Cl)cc2)no1)NCc1ccc(F)c(Cl)c1. The molecule has 4 aromatic rings. The van der Waals surface area contributed by atoms with Gasteiger partial charge in [-0.05, 0) is 54.1 Å². The summed E-state index contributed by atoms with van der Waals surface area (Å²) in [6.07, 6.45) is 1.75. The lowest BCUT2D eigenvalue weighted by molar-refractivity contribution is -0.121. The molecule has 6 nitrogen and oxygen atoms in total. The number of hydrogen-bond donors (Lipinski definition) is 1. The molecule has 2 aromatic heterocycles. The van der Waals surface area contributed by atoms with Gasteiger partial charge < -0.3 is 14.4 Å². The number of nitrogens with one attached hydrogen (secondary N) is 1. The molecule has 1 N–H and O–H groups in total. The van der Waals surface area contributed by atoms with Crippen molar-refractivity contribution >= 4 is 29.1 Å². The molecular formula is C21H15Cl2FN4O2. The minimum atomic E-state index is -0.499. The van der Waals surface area contributed by atoms with E-state index >= 15 is 0 Å². The molecule has 0 radical (unpaired) electrons. The summed E-state index contributed by atoms with van der Waals surface area (Å²) < 4.78 is 20.3. The average molecular weight is 445 g/mol. The maximum atomic E-state index is 13.2. The summed E-state index contributed by atoms with van der Waals surface area (Å²) in [4.78, 5) is 16.8. The molecule has 0 fully saturated rings. The summed E-state index contributed by atoms with van der Waals surface area (Å²) in [6, 6.07) is 15.0. The molecule has 0 aliphatic heterocycles. The number of nitrogens with zero attached hydrogens (tertiary/aromatic N) is 3. The van der Waals surface area contributed by atoms with Gasteiger partial charge in [0.05, 0.1) is 5.02 Å². The van der Waals surface area contributed by atoms with Crippen LogP contribution >= 0.6 is 23.2 Å². The summed E-state index contributed by atoms with van der Waals surface area (Å²) in [6.45, 7) is 0.284. The molecule has 4 rings (SSSR count). The second-order valence-corrected chi connectivity index (χ2v) is 7.32. The van der Waals surface area contributed by atoms with E-state index in [4.69, 9.17) is 27.7 Å². The highest BCUT2D eigenvalue weighted by Gasteiger charge is 2.15. The Labute approximate surface area is 181 Å². The van der Waals surface area contributed by atoms with Crippen LogP contribution in [-0.4, -0.2) is 20.6 Å². The Hall–Kier alpha value is -3.16. The highest BCUT2D eigenvalue weighted by Crippen LogP contribution is 2.24. The van der Waals surface area contributed by atoms with E-state index in [-0.39, 0.29) is 24.0 Å². The number of carbonyl (C=O) groups is 1. The minimum Gasteiger partial charge on any atom is -0.350 e. The number of benzene rings is 2. The van der Waals surface area contributed by atoms with Gasteiger partial charge in [-0.1, -0.05) is 34.4 Å². The lowest BCUT2D eigenvalue weighted by atomic mass is 10.2. The fourth-order valence-corrected chi connectivity index (χ4v) is 3.18. The molecule has 1 amide bonds. The van der Waals surface area contributed by atoms with Crippen molar-refractivity contribution in [1.82, 2.24) is 20.0 Å². The van der Waals surface area contributed by atoms with E-state index in [2.05, 4.69) is 15.5 Å². The second-order valence-electron chi connectivity index (χ2n) is 6.48. The Morgan fingerprint density at radius 1 is 1.13 bits per heavy atom. The van der Waals surface area contributed by atoms with Crippen molar-refractivity contribution in [2.45, 2.75) is 13.1 Å². The summed E-state index contributed by atoms with van der Waals surface area (Å²) in [5, 5.41) is 7.41. The number of rotatable bonds is 6. The molecule has 30 heavy (non-hydrogen) atoms.